The maximum absolute atomic E-state index is 11.3. The van der Waals surface area contributed by atoms with E-state index >= 15 is 0 Å². The van der Waals surface area contributed by atoms with E-state index in [1.54, 1.807) is 24.3 Å². The van der Waals surface area contributed by atoms with Crippen LogP contribution in [0.3, 0.4) is 0 Å². The molecule has 110 valence electrons. The summed E-state index contributed by atoms with van der Waals surface area (Å²) in [5.41, 5.74) is 6.91. The molecule has 6 heteroatoms. The van der Waals surface area contributed by atoms with Crippen molar-refractivity contribution in [3.8, 4) is 0 Å². The molecule has 0 saturated carbocycles. The van der Waals surface area contributed by atoms with Crippen molar-refractivity contribution in [3.63, 3.8) is 0 Å². The molecule has 0 aromatic heterocycles. The lowest BCUT2D eigenvalue weighted by molar-refractivity contribution is 0.0376. The monoisotopic (exact) mass is 279 g/mol. The van der Waals surface area contributed by atoms with Gasteiger partial charge in [-0.05, 0) is 30.7 Å². The largest absolute Gasteiger partial charge is 0.465 e. The number of ether oxygens (including phenoxy) is 1. The van der Waals surface area contributed by atoms with Gasteiger partial charge >= 0.3 is 6.09 Å². The van der Waals surface area contributed by atoms with Gasteiger partial charge in [-0.1, -0.05) is 0 Å². The van der Waals surface area contributed by atoms with Gasteiger partial charge in [-0.15, -0.1) is 0 Å². The van der Waals surface area contributed by atoms with Gasteiger partial charge in [0, 0.05) is 37.6 Å². The number of benzene rings is 1. The van der Waals surface area contributed by atoms with Gasteiger partial charge in [0.05, 0.1) is 13.2 Å². The van der Waals surface area contributed by atoms with E-state index in [4.69, 9.17) is 10.5 Å². The van der Waals surface area contributed by atoms with Crippen molar-refractivity contribution in [2.24, 2.45) is 0 Å². The van der Waals surface area contributed by atoms with Crippen LogP contribution in [0.2, 0.25) is 0 Å². The maximum atomic E-state index is 11.3. The number of anilines is 2. The number of hydrogen-bond donors (Lipinski definition) is 2. The maximum Gasteiger partial charge on any atom is 0.411 e. The van der Waals surface area contributed by atoms with Crippen LogP contribution in [0.15, 0.2) is 24.3 Å². The second kappa shape index (κ2) is 7.12. The van der Waals surface area contributed by atoms with Gasteiger partial charge < -0.3 is 15.6 Å². The Balaban J connectivity index is 1.86. The van der Waals surface area contributed by atoms with Crippen LogP contribution in [0.4, 0.5) is 16.2 Å². The molecule has 1 aliphatic heterocycles. The van der Waals surface area contributed by atoms with E-state index in [1.807, 2.05) is 0 Å². The first-order chi connectivity index (χ1) is 9.66. The van der Waals surface area contributed by atoms with Crippen molar-refractivity contribution in [1.82, 2.24) is 4.90 Å². The number of nitrogens with zero attached hydrogens (tertiary/aromatic N) is 2. The summed E-state index contributed by atoms with van der Waals surface area (Å²) in [7, 11) is 0. The normalized spacial score (nSPS) is 16.0. The first kappa shape index (κ1) is 14.6. The second-order valence-corrected chi connectivity index (χ2v) is 4.83. The van der Waals surface area contributed by atoms with Gasteiger partial charge in [0.25, 0.3) is 0 Å². The summed E-state index contributed by atoms with van der Waals surface area (Å²) in [5.74, 6) is 0. The molecule has 0 spiro atoms. The Hall–Kier alpha value is -1.79. The van der Waals surface area contributed by atoms with Gasteiger partial charge in [0.15, 0.2) is 0 Å². The SMILES string of the molecule is Nc1ccc(N(CCCN2CCOCC2)C(=O)O)cc1. The molecule has 1 heterocycles. The lowest BCUT2D eigenvalue weighted by Gasteiger charge is -2.27. The van der Waals surface area contributed by atoms with Gasteiger partial charge in [-0.2, -0.15) is 0 Å². The van der Waals surface area contributed by atoms with Gasteiger partial charge in [0.2, 0.25) is 0 Å². The minimum Gasteiger partial charge on any atom is -0.465 e. The first-order valence-electron chi connectivity index (χ1n) is 6.83. The van der Waals surface area contributed by atoms with Crippen LogP contribution in [-0.4, -0.2) is 55.5 Å². The smallest absolute Gasteiger partial charge is 0.411 e. The van der Waals surface area contributed by atoms with Crippen LogP contribution in [0, 0.1) is 0 Å². The highest BCUT2D eigenvalue weighted by molar-refractivity contribution is 5.86. The predicted molar refractivity (Wildman–Crippen MR) is 78.1 cm³/mol. The van der Waals surface area contributed by atoms with E-state index in [0.717, 1.165) is 39.3 Å². The summed E-state index contributed by atoms with van der Waals surface area (Å²) >= 11 is 0. The number of hydrogen-bond acceptors (Lipinski definition) is 4. The molecule has 0 unspecified atom stereocenters. The van der Waals surface area contributed by atoms with E-state index < -0.39 is 6.09 Å². The minimum atomic E-state index is -0.934. The van der Waals surface area contributed by atoms with Crippen molar-refractivity contribution in [2.45, 2.75) is 6.42 Å². The number of carboxylic acid groups (broad SMARTS) is 1. The highest BCUT2D eigenvalue weighted by Gasteiger charge is 2.15. The summed E-state index contributed by atoms with van der Waals surface area (Å²) < 4.78 is 5.29. The van der Waals surface area contributed by atoms with E-state index in [-0.39, 0.29) is 0 Å². The van der Waals surface area contributed by atoms with Crippen molar-refractivity contribution in [2.75, 3.05) is 50.0 Å². The number of nitrogens with two attached hydrogens (primary N) is 1. The molecule has 1 amide bonds. The minimum absolute atomic E-state index is 0.483. The van der Waals surface area contributed by atoms with Gasteiger partial charge in [-0.3, -0.25) is 9.80 Å². The Bertz CT molecular complexity index is 430. The molecule has 1 aromatic rings. The Labute approximate surface area is 118 Å². The molecule has 0 bridgehead atoms. The second-order valence-electron chi connectivity index (χ2n) is 4.83. The molecule has 1 fully saturated rings. The molecule has 0 aliphatic carbocycles. The van der Waals surface area contributed by atoms with Crippen molar-refractivity contribution in [3.05, 3.63) is 24.3 Å². The van der Waals surface area contributed by atoms with Crippen molar-refractivity contribution < 1.29 is 14.6 Å². The zero-order valence-electron chi connectivity index (χ0n) is 11.5. The van der Waals surface area contributed by atoms with Crippen LogP contribution >= 0.6 is 0 Å². The predicted octanol–water partition coefficient (Wildman–Crippen LogP) is 1.48. The van der Waals surface area contributed by atoms with Crippen LogP contribution in [0.5, 0.6) is 0 Å². The quantitative estimate of drug-likeness (QED) is 0.798. The fourth-order valence-electron chi connectivity index (χ4n) is 2.27. The van der Waals surface area contributed by atoms with Crippen molar-refractivity contribution >= 4 is 17.5 Å². The van der Waals surface area contributed by atoms with E-state index in [9.17, 15) is 9.90 Å². The number of rotatable bonds is 5. The fourth-order valence-corrected chi connectivity index (χ4v) is 2.27. The summed E-state index contributed by atoms with van der Waals surface area (Å²) in [6.07, 6.45) is -0.131. The Morgan fingerprint density at radius 1 is 1.30 bits per heavy atom. The molecular weight excluding hydrogens is 258 g/mol. The molecule has 1 aromatic carbocycles. The lowest BCUT2D eigenvalue weighted by atomic mass is 10.2. The third kappa shape index (κ3) is 4.11. The number of morpholine rings is 1. The molecule has 0 atom stereocenters. The molecule has 6 nitrogen and oxygen atoms in total. The molecule has 1 saturated heterocycles. The summed E-state index contributed by atoms with van der Waals surface area (Å²) in [6.45, 7) is 4.75. The third-order valence-corrected chi connectivity index (χ3v) is 3.40. The summed E-state index contributed by atoms with van der Waals surface area (Å²) in [6, 6.07) is 6.90. The molecule has 1 aliphatic rings. The van der Waals surface area contributed by atoms with Crippen LogP contribution in [0.1, 0.15) is 6.42 Å². The van der Waals surface area contributed by atoms with Crippen LogP contribution in [0.25, 0.3) is 0 Å². The Morgan fingerprint density at radius 3 is 2.55 bits per heavy atom. The molecule has 3 N–H and O–H groups in total. The number of amides is 1. The van der Waals surface area contributed by atoms with Gasteiger partial charge in [0.1, 0.15) is 0 Å². The highest BCUT2D eigenvalue weighted by Crippen LogP contribution is 2.17. The summed E-state index contributed by atoms with van der Waals surface area (Å²) in [5, 5.41) is 9.29. The molecule has 20 heavy (non-hydrogen) atoms. The van der Waals surface area contributed by atoms with Crippen LogP contribution in [-0.2, 0) is 4.74 Å². The molecule has 2 rings (SSSR count). The highest BCUT2D eigenvalue weighted by atomic mass is 16.5. The molecule has 0 radical (unpaired) electrons. The number of carbonyl (C=O) groups is 1. The third-order valence-electron chi connectivity index (χ3n) is 3.40. The lowest BCUT2D eigenvalue weighted by Crippen LogP contribution is -2.39. The summed E-state index contributed by atoms with van der Waals surface area (Å²) in [4.78, 5) is 15.0. The Kier molecular flexibility index (Phi) is 5.20. The van der Waals surface area contributed by atoms with Crippen molar-refractivity contribution in [1.29, 1.82) is 0 Å². The topological polar surface area (TPSA) is 79.0 Å². The Morgan fingerprint density at radius 2 is 1.95 bits per heavy atom. The van der Waals surface area contributed by atoms with Crippen LogP contribution < -0.4 is 10.6 Å². The van der Waals surface area contributed by atoms with E-state index in [0.29, 0.717) is 17.9 Å². The average Bonchev–Trinajstić information content (AvgIpc) is 2.46. The number of nitrogen functional groups attached to an aromatic ring is 1. The van der Waals surface area contributed by atoms with E-state index in [1.165, 1.54) is 4.90 Å². The average molecular weight is 279 g/mol. The van der Waals surface area contributed by atoms with E-state index in [2.05, 4.69) is 4.90 Å². The first-order valence-corrected chi connectivity index (χ1v) is 6.83. The van der Waals surface area contributed by atoms with Gasteiger partial charge in [-0.25, -0.2) is 4.79 Å². The molecular formula is C14H21N3O3. The zero-order chi connectivity index (χ0) is 14.4. The fraction of sp³-hybridized carbons (Fsp3) is 0.500. The zero-order valence-corrected chi connectivity index (χ0v) is 11.5. The standard InChI is InChI=1S/C14H21N3O3/c15-12-2-4-13(5-3-12)17(14(18)19)7-1-6-16-8-10-20-11-9-16/h2-5H,1,6-11,15H2,(H,18,19).